The summed E-state index contributed by atoms with van der Waals surface area (Å²) in [5.74, 6) is -3.46. The van der Waals surface area contributed by atoms with Crippen LogP contribution in [0.1, 0.15) is 25.3 Å². The largest absolute Gasteiger partial charge is 0.508 e. The van der Waals surface area contributed by atoms with E-state index in [1.165, 1.54) is 18.2 Å². The van der Waals surface area contributed by atoms with Gasteiger partial charge in [0.2, 0.25) is 0 Å². The first-order valence-corrected chi connectivity index (χ1v) is 13.5. The molecule has 1 aromatic carbocycles. The number of aromatic hydroxyl groups is 1. The lowest BCUT2D eigenvalue weighted by Crippen LogP contribution is -2.59. The molecule has 12 nitrogen and oxygen atoms in total. The summed E-state index contributed by atoms with van der Waals surface area (Å²) < 4.78 is 22.2. The van der Waals surface area contributed by atoms with Crippen LogP contribution in [0.4, 0.5) is 0 Å². The predicted molar refractivity (Wildman–Crippen MR) is 138 cm³/mol. The number of aliphatic hydroxyl groups excluding tert-OH is 3. The SMILES string of the molecule is C=C1C(=O)O[C@@H]2[C@H]3C(CO[C@@H]4O[C@H](COC(=O)Cc5ccc(O)cc5)[C@@H](O)[C@H](O)[C@H]4O)=CC(=O)[C@@]3(O)[C@@H](C)CC[C@@H]12. The maximum absolute atomic E-state index is 13.1. The molecule has 0 amide bonds. The number of ketones is 1. The molecule has 0 radical (unpaired) electrons. The summed E-state index contributed by atoms with van der Waals surface area (Å²) in [6.45, 7) is 4.82. The number of phenols is 1. The third-order valence-corrected chi connectivity index (χ3v) is 8.70. The molecule has 5 rings (SSSR count). The van der Waals surface area contributed by atoms with Crippen LogP contribution in [0.25, 0.3) is 0 Å². The Morgan fingerprint density at radius 3 is 2.51 bits per heavy atom. The van der Waals surface area contributed by atoms with Crippen LogP contribution in [0, 0.1) is 17.8 Å². The third kappa shape index (κ3) is 5.31. The first-order valence-electron chi connectivity index (χ1n) is 13.5. The number of aliphatic hydroxyl groups is 4. The smallest absolute Gasteiger partial charge is 0.334 e. The number of esters is 2. The second-order valence-electron chi connectivity index (χ2n) is 11.2. The second-order valence-corrected chi connectivity index (χ2v) is 11.2. The highest BCUT2D eigenvalue weighted by Crippen LogP contribution is 2.52. The number of ether oxygens (including phenoxy) is 4. The fourth-order valence-electron chi connectivity index (χ4n) is 6.25. The van der Waals surface area contributed by atoms with Gasteiger partial charge in [0.25, 0.3) is 0 Å². The maximum Gasteiger partial charge on any atom is 0.334 e. The van der Waals surface area contributed by atoms with Crippen molar-refractivity contribution in [3.05, 3.63) is 53.6 Å². The highest BCUT2D eigenvalue weighted by molar-refractivity contribution is 6.02. The fourth-order valence-corrected chi connectivity index (χ4v) is 6.25. The van der Waals surface area contributed by atoms with Crippen LogP contribution in [0.2, 0.25) is 0 Å². The summed E-state index contributed by atoms with van der Waals surface area (Å²) in [6, 6.07) is 5.95. The molecule has 2 saturated heterocycles. The van der Waals surface area contributed by atoms with Crippen molar-refractivity contribution in [2.24, 2.45) is 17.8 Å². The van der Waals surface area contributed by atoms with Crippen molar-refractivity contribution in [1.29, 1.82) is 0 Å². The van der Waals surface area contributed by atoms with Gasteiger partial charge in [-0.15, -0.1) is 0 Å². The zero-order valence-electron chi connectivity index (χ0n) is 22.4. The summed E-state index contributed by atoms with van der Waals surface area (Å²) in [5.41, 5.74) is -0.617. The van der Waals surface area contributed by atoms with Crippen molar-refractivity contribution in [2.45, 2.75) is 68.6 Å². The van der Waals surface area contributed by atoms with Gasteiger partial charge in [-0.05, 0) is 48.1 Å². The van der Waals surface area contributed by atoms with Gasteiger partial charge in [0.1, 0.15) is 48.5 Å². The van der Waals surface area contributed by atoms with E-state index in [9.17, 15) is 39.9 Å². The standard InChI is InChI=1S/C29H34O12/c1-13-3-8-18-14(2)27(36)41-26(18)22-16(10-20(31)29(13,22)37)11-39-28-25(35)24(34)23(33)19(40-28)12-38-21(32)9-15-4-6-17(30)7-5-15/h4-7,10,13,18-19,22-26,28,30,33-35,37H,2-3,8-9,11-12H2,1H3/t13-,18-,19+,22+,23+,24-,25+,26-,28+,29-/m0/s1. The molecular formula is C29H34O12. The third-order valence-electron chi connectivity index (χ3n) is 8.70. The molecule has 2 aliphatic heterocycles. The number of hydrogen-bond donors (Lipinski definition) is 5. The van der Waals surface area contributed by atoms with E-state index in [1.54, 1.807) is 19.1 Å². The monoisotopic (exact) mass is 574 g/mol. The van der Waals surface area contributed by atoms with Crippen molar-refractivity contribution < 1.29 is 58.9 Å². The Labute approximate surface area is 235 Å². The Balaban J connectivity index is 1.25. The van der Waals surface area contributed by atoms with E-state index in [0.29, 0.717) is 24.0 Å². The summed E-state index contributed by atoms with van der Waals surface area (Å²) in [7, 11) is 0. The Morgan fingerprint density at radius 2 is 1.80 bits per heavy atom. The van der Waals surface area contributed by atoms with Crippen LogP contribution >= 0.6 is 0 Å². The van der Waals surface area contributed by atoms with Crippen LogP contribution in [-0.2, 0) is 39.8 Å². The minimum atomic E-state index is -1.82. The summed E-state index contributed by atoms with van der Waals surface area (Å²) in [5, 5.41) is 52.3. The first-order chi connectivity index (χ1) is 19.4. The van der Waals surface area contributed by atoms with Gasteiger partial charge >= 0.3 is 11.9 Å². The fraction of sp³-hybridized carbons (Fsp3) is 0.552. The molecule has 3 fully saturated rings. The van der Waals surface area contributed by atoms with Crippen LogP contribution in [0.5, 0.6) is 5.75 Å². The molecule has 10 atom stereocenters. The molecule has 1 saturated carbocycles. The summed E-state index contributed by atoms with van der Waals surface area (Å²) >= 11 is 0. The molecule has 12 heteroatoms. The average molecular weight is 575 g/mol. The maximum atomic E-state index is 13.1. The van der Waals surface area contributed by atoms with E-state index in [0.717, 1.165) is 0 Å². The summed E-state index contributed by atoms with van der Waals surface area (Å²) in [4.78, 5) is 37.6. The minimum absolute atomic E-state index is 0.0462. The van der Waals surface area contributed by atoms with E-state index >= 15 is 0 Å². The van der Waals surface area contributed by atoms with Crippen LogP contribution < -0.4 is 0 Å². The Kier molecular flexibility index (Phi) is 8.07. The van der Waals surface area contributed by atoms with Gasteiger partial charge in [0.15, 0.2) is 12.1 Å². The van der Waals surface area contributed by atoms with Gasteiger partial charge < -0.3 is 44.5 Å². The highest BCUT2D eigenvalue weighted by atomic mass is 16.7. The minimum Gasteiger partial charge on any atom is -0.508 e. The second kappa shape index (κ2) is 11.3. The molecule has 222 valence electrons. The first kappa shape index (κ1) is 29.4. The van der Waals surface area contributed by atoms with Gasteiger partial charge in [-0.1, -0.05) is 25.6 Å². The van der Waals surface area contributed by atoms with Crippen LogP contribution in [0.3, 0.4) is 0 Å². The van der Waals surface area contributed by atoms with Gasteiger partial charge in [-0.2, -0.15) is 0 Å². The predicted octanol–water partition coefficient (Wildman–Crippen LogP) is -0.314. The number of fused-ring (bicyclic) bond motifs is 3. The number of carbonyl (C=O) groups is 3. The van der Waals surface area contributed by atoms with E-state index in [2.05, 4.69) is 6.58 Å². The number of carbonyl (C=O) groups excluding carboxylic acids is 3. The number of hydrogen-bond acceptors (Lipinski definition) is 12. The van der Waals surface area contributed by atoms with Crippen molar-refractivity contribution >= 4 is 17.7 Å². The molecule has 2 heterocycles. The van der Waals surface area contributed by atoms with Gasteiger partial charge in [-0.3, -0.25) is 9.59 Å². The van der Waals surface area contributed by atoms with Crippen molar-refractivity contribution in [1.82, 2.24) is 0 Å². The lowest BCUT2D eigenvalue weighted by Gasteiger charge is -2.40. The van der Waals surface area contributed by atoms with E-state index in [-0.39, 0.29) is 30.3 Å². The molecule has 0 unspecified atom stereocenters. The van der Waals surface area contributed by atoms with Gasteiger partial charge in [0, 0.05) is 11.5 Å². The Bertz CT molecular complexity index is 1240. The lowest BCUT2D eigenvalue weighted by molar-refractivity contribution is -0.300. The number of rotatable bonds is 7. The van der Waals surface area contributed by atoms with Crippen LogP contribution in [0.15, 0.2) is 48.1 Å². The molecular weight excluding hydrogens is 540 g/mol. The quantitative estimate of drug-likeness (QED) is 0.211. The Hall–Kier alpha value is -3.13. The van der Waals surface area contributed by atoms with E-state index in [4.69, 9.17) is 18.9 Å². The lowest BCUT2D eigenvalue weighted by atomic mass is 9.74. The molecule has 0 spiro atoms. The highest BCUT2D eigenvalue weighted by Gasteiger charge is 2.62. The molecule has 1 aromatic rings. The normalized spacial score (nSPS) is 38.5. The molecule has 2 aliphatic carbocycles. The number of phenolic OH excluding ortho intramolecular Hbond substituents is 1. The Morgan fingerprint density at radius 1 is 1.10 bits per heavy atom. The van der Waals surface area contributed by atoms with Gasteiger partial charge in [0.05, 0.1) is 18.9 Å². The zero-order chi connectivity index (χ0) is 29.6. The molecule has 4 aliphatic rings. The molecule has 0 aromatic heterocycles. The van der Waals surface area contributed by atoms with Crippen LogP contribution in [-0.4, -0.2) is 98.9 Å². The van der Waals surface area contributed by atoms with Gasteiger partial charge in [-0.25, -0.2) is 4.79 Å². The molecule has 5 N–H and O–H groups in total. The molecule has 41 heavy (non-hydrogen) atoms. The van der Waals surface area contributed by atoms with Crippen molar-refractivity contribution in [3.63, 3.8) is 0 Å². The van der Waals surface area contributed by atoms with Crippen molar-refractivity contribution in [3.8, 4) is 5.75 Å². The van der Waals surface area contributed by atoms with E-state index < -0.39 is 78.6 Å². The average Bonchev–Trinajstić information content (AvgIpc) is 3.32. The molecule has 0 bridgehead atoms. The van der Waals surface area contributed by atoms with Crippen molar-refractivity contribution in [2.75, 3.05) is 13.2 Å². The zero-order valence-corrected chi connectivity index (χ0v) is 22.4. The van der Waals surface area contributed by atoms with E-state index in [1.807, 2.05) is 0 Å². The number of benzene rings is 1. The summed E-state index contributed by atoms with van der Waals surface area (Å²) in [6.07, 6.45) is -6.43. The topological polar surface area (TPSA) is 189 Å².